The van der Waals surface area contributed by atoms with Gasteiger partial charge in [-0.05, 0) is 68.3 Å². The van der Waals surface area contributed by atoms with Crippen LogP contribution in [0.15, 0.2) is 36.4 Å². The number of methoxy groups -OCH3 is 1. The van der Waals surface area contributed by atoms with Gasteiger partial charge in [-0.15, -0.1) is 0 Å². The third-order valence-corrected chi connectivity index (χ3v) is 5.47. The fourth-order valence-corrected chi connectivity index (χ4v) is 3.96. The van der Waals surface area contributed by atoms with Crippen molar-refractivity contribution in [1.82, 2.24) is 9.47 Å². The summed E-state index contributed by atoms with van der Waals surface area (Å²) < 4.78 is 21.5. The van der Waals surface area contributed by atoms with Crippen molar-refractivity contribution in [3.8, 4) is 5.75 Å². The third-order valence-electron chi connectivity index (χ3n) is 5.47. The summed E-state index contributed by atoms with van der Waals surface area (Å²) in [5.41, 5.74) is 7.15. The van der Waals surface area contributed by atoms with Crippen molar-refractivity contribution in [3.05, 3.63) is 64.6 Å². The number of benzene rings is 2. The van der Waals surface area contributed by atoms with E-state index in [9.17, 15) is 4.39 Å². The minimum Gasteiger partial charge on any atom is -0.494 e. The summed E-state index contributed by atoms with van der Waals surface area (Å²) >= 11 is 0. The van der Waals surface area contributed by atoms with Gasteiger partial charge >= 0.3 is 0 Å². The summed E-state index contributed by atoms with van der Waals surface area (Å²) in [5, 5.41) is 1.34. The van der Waals surface area contributed by atoms with Crippen LogP contribution in [0.2, 0.25) is 0 Å². The van der Waals surface area contributed by atoms with Gasteiger partial charge in [-0.1, -0.05) is 17.7 Å². The molecule has 0 atom stereocenters. The lowest BCUT2D eigenvalue weighted by Gasteiger charge is -2.24. The van der Waals surface area contributed by atoms with Crippen LogP contribution >= 0.6 is 0 Å². The van der Waals surface area contributed by atoms with Crippen molar-refractivity contribution >= 4 is 22.7 Å². The summed E-state index contributed by atoms with van der Waals surface area (Å²) in [4.78, 5) is 2.35. The van der Waals surface area contributed by atoms with Crippen LogP contribution in [0.25, 0.3) is 22.7 Å². The zero-order valence-electron chi connectivity index (χ0n) is 16.3. The second kappa shape index (κ2) is 6.86. The first kappa shape index (κ1) is 17.8. The van der Waals surface area contributed by atoms with Crippen molar-refractivity contribution in [2.24, 2.45) is 0 Å². The van der Waals surface area contributed by atoms with Crippen LogP contribution in [0.1, 0.15) is 29.3 Å². The number of rotatable bonds is 3. The first-order chi connectivity index (χ1) is 13.0. The van der Waals surface area contributed by atoms with E-state index < -0.39 is 0 Å². The Morgan fingerprint density at radius 1 is 1.19 bits per heavy atom. The topological polar surface area (TPSA) is 17.4 Å². The van der Waals surface area contributed by atoms with E-state index in [-0.39, 0.29) is 11.6 Å². The summed E-state index contributed by atoms with van der Waals surface area (Å²) in [6.07, 6.45) is 3.19. The molecule has 4 rings (SSSR count). The van der Waals surface area contributed by atoms with Gasteiger partial charge in [-0.3, -0.25) is 0 Å². The number of fused-ring (bicyclic) bond motifs is 3. The molecule has 0 bridgehead atoms. The Morgan fingerprint density at radius 2 is 2.00 bits per heavy atom. The molecule has 0 saturated heterocycles. The molecule has 2 heterocycles. The highest BCUT2D eigenvalue weighted by atomic mass is 19.1. The molecule has 1 aliphatic heterocycles. The minimum absolute atomic E-state index is 0.271. The molecular formula is C23H25FN2O. The van der Waals surface area contributed by atoms with E-state index in [1.807, 2.05) is 13.0 Å². The highest BCUT2D eigenvalue weighted by Gasteiger charge is 2.22. The number of allylic oxidation sites excluding steroid dienone is 1. The molecule has 0 aliphatic carbocycles. The highest BCUT2D eigenvalue weighted by molar-refractivity contribution is 5.90. The molecule has 0 N–H and O–H groups in total. The van der Waals surface area contributed by atoms with E-state index in [1.54, 1.807) is 12.1 Å². The number of nitrogens with zero attached hydrogens (tertiary/aromatic N) is 2. The predicted molar refractivity (Wildman–Crippen MR) is 110 cm³/mol. The van der Waals surface area contributed by atoms with Gasteiger partial charge < -0.3 is 14.2 Å². The zero-order chi connectivity index (χ0) is 19.1. The third kappa shape index (κ3) is 3.15. The van der Waals surface area contributed by atoms with Crippen LogP contribution in [-0.2, 0) is 13.0 Å². The minimum atomic E-state index is -0.336. The van der Waals surface area contributed by atoms with Crippen molar-refractivity contribution in [2.75, 3.05) is 20.7 Å². The Kier molecular flexibility index (Phi) is 4.52. The quantitative estimate of drug-likeness (QED) is 0.643. The lowest BCUT2D eigenvalue weighted by molar-refractivity contribution is 0.308. The molecular weight excluding hydrogens is 339 g/mol. The average Bonchev–Trinajstić information content (AvgIpc) is 2.94. The number of aryl methyl sites for hydroxylation is 1. The number of halogens is 1. The van der Waals surface area contributed by atoms with Crippen LogP contribution in [0.4, 0.5) is 4.39 Å². The largest absolute Gasteiger partial charge is 0.494 e. The second-order valence-corrected chi connectivity index (χ2v) is 7.47. The Bertz CT molecular complexity index is 1050. The molecule has 0 spiro atoms. The molecule has 0 amide bonds. The second-order valence-electron chi connectivity index (χ2n) is 7.47. The normalized spacial score (nSPS) is 15.2. The number of hydrogen-bond acceptors (Lipinski definition) is 2. The van der Waals surface area contributed by atoms with Crippen molar-refractivity contribution < 1.29 is 9.13 Å². The lowest BCUT2D eigenvalue weighted by atomic mass is 10.0. The Morgan fingerprint density at radius 3 is 2.74 bits per heavy atom. The molecule has 3 aromatic rings. The Labute approximate surface area is 159 Å². The first-order valence-electron chi connectivity index (χ1n) is 9.31. The van der Waals surface area contributed by atoms with E-state index in [1.165, 1.54) is 34.8 Å². The molecule has 0 fully saturated rings. The molecule has 0 saturated carbocycles. The van der Waals surface area contributed by atoms with Gasteiger partial charge in [0, 0.05) is 30.4 Å². The summed E-state index contributed by atoms with van der Waals surface area (Å²) in [7, 11) is 3.64. The molecule has 3 nitrogen and oxygen atoms in total. The number of aromatic nitrogens is 1. The molecule has 2 aromatic carbocycles. The van der Waals surface area contributed by atoms with Gasteiger partial charge in [0.1, 0.15) is 0 Å². The predicted octanol–water partition coefficient (Wildman–Crippen LogP) is 5.10. The van der Waals surface area contributed by atoms with E-state index >= 15 is 0 Å². The van der Waals surface area contributed by atoms with Crippen LogP contribution in [0.3, 0.4) is 0 Å². The average molecular weight is 364 g/mol. The van der Waals surface area contributed by atoms with E-state index in [4.69, 9.17) is 4.74 Å². The highest BCUT2D eigenvalue weighted by Crippen LogP contribution is 2.33. The number of ether oxygens (including phenoxy) is 1. The van der Waals surface area contributed by atoms with Gasteiger partial charge in [0.25, 0.3) is 0 Å². The maximum atomic E-state index is 14.1. The molecule has 0 unspecified atom stereocenters. The van der Waals surface area contributed by atoms with Gasteiger partial charge in [-0.2, -0.15) is 0 Å². The van der Waals surface area contributed by atoms with Gasteiger partial charge in [0.15, 0.2) is 11.6 Å². The smallest absolute Gasteiger partial charge is 0.165 e. The lowest BCUT2D eigenvalue weighted by Crippen LogP contribution is -2.27. The Hall–Kier alpha value is -2.59. The van der Waals surface area contributed by atoms with E-state index in [0.717, 1.165) is 30.6 Å². The summed E-state index contributed by atoms with van der Waals surface area (Å²) in [6, 6.07) is 11.8. The molecule has 1 aromatic heterocycles. The van der Waals surface area contributed by atoms with Crippen molar-refractivity contribution in [2.45, 2.75) is 26.8 Å². The van der Waals surface area contributed by atoms with Crippen LogP contribution in [-0.4, -0.2) is 30.2 Å². The van der Waals surface area contributed by atoms with Gasteiger partial charge in [0.05, 0.1) is 12.6 Å². The SMILES string of the molecule is COc1ccc(/C(C)=C/n2c3c(c4cc(C)ccc42)CCN(C)C3)cc1F. The number of hydrogen-bond donors (Lipinski definition) is 0. The fraction of sp³-hybridized carbons (Fsp3) is 0.304. The molecule has 27 heavy (non-hydrogen) atoms. The summed E-state index contributed by atoms with van der Waals surface area (Å²) in [6.45, 7) is 6.16. The fourth-order valence-electron chi connectivity index (χ4n) is 3.96. The molecule has 140 valence electrons. The van der Waals surface area contributed by atoms with Crippen LogP contribution in [0.5, 0.6) is 5.75 Å². The van der Waals surface area contributed by atoms with Gasteiger partial charge in [-0.25, -0.2) is 4.39 Å². The first-order valence-corrected chi connectivity index (χ1v) is 9.31. The van der Waals surface area contributed by atoms with Crippen molar-refractivity contribution in [1.29, 1.82) is 0 Å². The van der Waals surface area contributed by atoms with E-state index in [2.05, 4.69) is 47.8 Å². The van der Waals surface area contributed by atoms with E-state index in [0.29, 0.717) is 0 Å². The van der Waals surface area contributed by atoms with Crippen LogP contribution in [0, 0.1) is 12.7 Å². The number of likely N-dealkylation sites (N-methyl/N-ethyl adjacent to an activating group) is 1. The molecule has 0 radical (unpaired) electrons. The van der Waals surface area contributed by atoms with Crippen molar-refractivity contribution in [3.63, 3.8) is 0 Å². The molecule has 1 aliphatic rings. The maximum absolute atomic E-state index is 14.1. The zero-order valence-corrected chi connectivity index (χ0v) is 16.3. The standard InChI is InChI=1S/C23H25FN2O/c1-15-5-7-21-19(11-15)18-9-10-25(3)14-22(18)26(21)13-16(2)17-6-8-23(27-4)20(24)12-17/h5-8,11-13H,9-10,14H2,1-4H3/b16-13+. The van der Waals surface area contributed by atoms with Gasteiger partial charge in [0.2, 0.25) is 0 Å². The molecule has 4 heteroatoms. The van der Waals surface area contributed by atoms with Crippen LogP contribution < -0.4 is 4.74 Å². The Balaban J connectivity index is 1.87. The maximum Gasteiger partial charge on any atom is 0.165 e. The summed E-state index contributed by atoms with van der Waals surface area (Å²) in [5.74, 6) is -0.0649. The monoisotopic (exact) mass is 364 g/mol.